The van der Waals surface area contributed by atoms with Crippen molar-refractivity contribution in [1.29, 1.82) is 0 Å². The van der Waals surface area contributed by atoms with E-state index in [-0.39, 0.29) is 5.92 Å². The fourth-order valence-corrected chi connectivity index (χ4v) is 3.79. The number of aryl methyl sites for hydroxylation is 1. The first kappa shape index (κ1) is 19.0. The fraction of sp³-hybridized carbons (Fsp3) is 0.667. The van der Waals surface area contributed by atoms with Gasteiger partial charge in [0.05, 0.1) is 0 Å². The maximum Gasteiger partial charge on any atom is 0.225 e. The molecule has 0 aromatic heterocycles. The Labute approximate surface area is 147 Å². The number of likely N-dealkylation sites (tertiary alicyclic amines) is 1. The highest BCUT2D eigenvalue weighted by Crippen LogP contribution is 2.25. The average Bonchev–Trinajstić information content (AvgIpc) is 3.03. The maximum absolute atomic E-state index is 12.9. The molecule has 2 N–H and O–H groups in total. The second-order valence-corrected chi connectivity index (χ2v) is 7.24. The van der Waals surface area contributed by atoms with Crippen molar-refractivity contribution < 1.29 is 4.79 Å². The summed E-state index contributed by atoms with van der Waals surface area (Å²) in [5.74, 6) is 0.601. The fourth-order valence-electron chi connectivity index (χ4n) is 3.79. The molecule has 0 bridgehead atoms. The lowest BCUT2D eigenvalue weighted by atomic mass is 9.93. The predicted molar refractivity (Wildman–Crippen MR) is 101 cm³/mol. The van der Waals surface area contributed by atoms with Gasteiger partial charge in [0, 0.05) is 18.5 Å². The first-order valence-electron chi connectivity index (χ1n) is 9.77. The van der Waals surface area contributed by atoms with Crippen LogP contribution in [-0.2, 0) is 11.2 Å². The standard InChI is InChI=1S/C21H34N2O/c1-18-10-9-17-23(18)21(24)20(15-7-8-16-22)14-6-5-13-19-11-3-2-4-12-19/h2-4,11-12,18,20H,5-10,13-17,22H2,1H3/t18-,20+/m1/s1. The van der Waals surface area contributed by atoms with Crippen molar-refractivity contribution in [3.05, 3.63) is 35.9 Å². The van der Waals surface area contributed by atoms with Crippen molar-refractivity contribution in [3.8, 4) is 0 Å². The van der Waals surface area contributed by atoms with Crippen molar-refractivity contribution in [2.75, 3.05) is 13.1 Å². The molecule has 3 nitrogen and oxygen atoms in total. The van der Waals surface area contributed by atoms with Crippen LogP contribution in [0.1, 0.15) is 63.9 Å². The van der Waals surface area contributed by atoms with E-state index in [4.69, 9.17) is 5.73 Å². The summed E-state index contributed by atoms with van der Waals surface area (Å²) in [6, 6.07) is 11.1. The summed E-state index contributed by atoms with van der Waals surface area (Å²) in [6.45, 7) is 3.88. The van der Waals surface area contributed by atoms with E-state index in [0.717, 1.165) is 64.5 Å². The molecular weight excluding hydrogens is 296 g/mol. The van der Waals surface area contributed by atoms with E-state index in [1.54, 1.807) is 0 Å². The zero-order chi connectivity index (χ0) is 17.2. The van der Waals surface area contributed by atoms with Crippen molar-refractivity contribution in [1.82, 2.24) is 4.90 Å². The van der Waals surface area contributed by atoms with Gasteiger partial charge in [0.2, 0.25) is 5.91 Å². The van der Waals surface area contributed by atoms with Gasteiger partial charge < -0.3 is 10.6 Å². The van der Waals surface area contributed by atoms with Crippen LogP contribution in [-0.4, -0.2) is 29.9 Å². The summed E-state index contributed by atoms with van der Waals surface area (Å²) in [6.07, 6.45) is 9.88. The lowest BCUT2D eigenvalue weighted by molar-refractivity contribution is -0.136. The van der Waals surface area contributed by atoms with Gasteiger partial charge in [-0.3, -0.25) is 4.79 Å². The van der Waals surface area contributed by atoms with Gasteiger partial charge in [0.15, 0.2) is 0 Å². The summed E-state index contributed by atoms with van der Waals surface area (Å²) in [7, 11) is 0. The number of rotatable bonds is 10. The van der Waals surface area contributed by atoms with Crippen LogP contribution >= 0.6 is 0 Å². The molecular formula is C21H34N2O. The number of hydrogen-bond donors (Lipinski definition) is 1. The van der Waals surface area contributed by atoms with E-state index in [2.05, 4.69) is 42.2 Å². The second kappa shape index (κ2) is 10.5. The van der Waals surface area contributed by atoms with Crippen molar-refractivity contribution in [2.45, 2.75) is 70.8 Å². The van der Waals surface area contributed by atoms with Crippen LogP contribution in [0.3, 0.4) is 0 Å². The molecule has 1 aliphatic rings. The molecule has 2 rings (SSSR count). The van der Waals surface area contributed by atoms with Gasteiger partial charge in [-0.1, -0.05) is 43.2 Å². The maximum atomic E-state index is 12.9. The number of hydrogen-bond acceptors (Lipinski definition) is 2. The van der Waals surface area contributed by atoms with Gasteiger partial charge in [0.1, 0.15) is 0 Å². The molecule has 24 heavy (non-hydrogen) atoms. The lowest BCUT2D eigenvalue weighted by Gasteiger charge is -2.27. The highest BCUT2D eigenvalue weighted by molar-refractivity contribution is 5.79. The van der Waals surface area contributed by atoms with Crippen LogP contribution in [0.5, 0.6) is 0 Å². The Kier molecular flexibility index (Phi) is 8.31. The van der Waals surface area contributed by atoms with Gasteiger partial charge in [-0.25, -0.2) is 0 Å². The lowest BCUT2D eigenvalue weighted by Crippen LogP contribution is -2.38. The average molecular weight is 331 g/mol. The molecule has 1 heterocycles. The first-order valence-corrected chi connectivity index (χ1v) is 9.77. The Hall–Kier alpha value is -1.35. The van der Waals surface area contributed by atoms with Crippen LogP contribution in [0.2, 0.25) is 0 Å². The Balaban J connectivity index is 1.80. The molecule has 0 saturated carbocycles. The first-order chi connectivity index (χ1) is 11.7. The third-order valence-electron chi connectivity index (χ3n) is 5.30. The van der Waals surface area contributed by atoms with E-state index < -0.39 is 0 Å². The summed E-state index contributed by atoms with van der Waals surface area (Å²) < 4.78 is 0. The number of carbonyl (C=O) groups excluding carboxylic acids is 1. The highest BCUT2D eigenvalue weighted by Gasteiger charge is 2.29. The molecule has 1 aromatic carbocycles. The van der Waals surface area contributed by atoms with E-state index in [1.807, 2.05) is 0 Å². The SMILES string of the molecule is C[C@@H]1CCCN1C(=O)[C@H](CCCCN)CCCCc1ccccc1. The Bertz CT molecular complexity index is 474. The second-order valence-electron chi connectivity index (χ2n) is 7.24. The zero-order valence-electron chi connectivity index (χ0n) is 15.3. The largest absolute Gasteiger partial charge is 0.340 e. The molecule has 1 aliphatic heterocycles. The molecule has 134 valence electrons. The van der Waals surface area contributed by atoms with E-state index >= 15 is 0 Å². The number of benzene rings is 1. The molecule has 2 atom stereocenters. The smallest absolute Gasteiger partial charge is 0.225 e. The van der Waals surface area contributed by atoms with Crippen molar-refractivity contribution in [2.24, 2.45) is 11.7 Å². The normalized spacial score (nSPS) is 18.8. The number of unbranched alkanes of at least 4 members (excludes halogenated alkanes) is 2. The molecule has 1 aromatic rings. The topological polar surface area (TPSA) is 46.3 Å². The van der Waals surface area contributed by atoms with Crippen LogP contribution in [0.25, 0.3) is 0 Å². The minimum atomic E-state index is 0.202. The van der Waals surface area contributed by atoms with Crippen LogP contribution in [0, 0.1) is 5.92 Å². The third-order valence-corrected chi connectivity index (χ3v) is 5.30. The highest BCUT2D eigenvalue weighted by atomic mass is 16.2. The minimum absolute atomic E-state index is 0.202. The van der Waals surface area contributed by atoms with Gasteiger partial charge >= 0.3 is 0 Å². The summed E-state index contributed by atoms with van der Waals surface area (Å²) in [5.41, 5.74) is 7.03. The summed E-state index contributed by atoms with van der Waals surface area (Å²) in [5, 5.41) is 0. The van der Waals surface area contributed by atoms with E-state index in [0.29, 0.717) is 11.9 Å². The Morgan fingerprint density at radius 3 is 2.50 bits per heavy atom. The Morgan fingerprint density at radius 1 is 1.17 bits per heavy atom. The van der Waals surface area contributed by atoms with Gasteiger partial charge in [0.25, 0.3) is 0 Å². The minimum Gasteiger partial charge on any atom is -0.340 e. The van der Waals surface area contributed by atoms with Crippen molar-refractivity contribution >= 4 is 5.91 Å². The van der Waals surface area contributed by atoms with E-state index in [1.165, 1.54) is 12.0 Å². The molecule has 0 unspecified atom stereocenters. The molecule has 0 radical (unpaired) electrons. The monoisotopic (exact) mass is 330 g/mol. The number of nitrogens with two attached hydrogens (primary N) is 1. The molecule has 1 saturated heterocycles. The van der Waals surface area contributed by atoms with Gasteiger partial charge in [-0.15, -0.1) is 0 Å². The molecule has 0 aliphatic carbocycles. The van der Waals surface area contributed by atoms with Crippen LogP contribution in [0.4, 0.5) is 0 Å². The predicted octanol–water partition coefficient (Wildman–Crippen LogP) is 4.16. The Morgan fingerprint density at radius 2 is 1.88 bits per heavy atom. The summed E-state index contributed by atoms with van der Waals surface area (Å²) in [4.78, 5) is 15.0. The van der Waals surface area contributed by atoms with Crippen LogP contribution in [0.15, 0.2) is 30.3 Å². The van der Waals surface area contributed by atoms with E-state index in [9.17, 15) is 4.79 Å². The van der Waals surface area contributed by atoms with Gasteiger partial charge in [-0.2, -0.15) is 0 Å². The van der Waals surface area contributed by atoms with Gasteiger partial charge in [-0.05, 0) is 64.0 Å². The quantitative estimate of drug-likeness (QED) is 0.655. The zero-order valence-corrected chi connectivity index (χ0v) is 15.3. The molecule has 1 amide bonds. The van der Waals surface area contributed by atoms with Crippen molar-refractivity contribution in [3.63, 3.8) is 0 Å². The molecule has 1 fully saturated rings. The molecule has 0 spiro atoms. The number of carbonyl (C=O) groups is 1. The summed E-state index contributed by atoms with van der Waals surface area (Å²) >= 11 is 0. The van der Waals surface area contributed by atoms with Crippen LogP contribution < -0.4 is 5.73 Å². The third kappa shape index (κ3) is 5.94. The number of amides is 1. The molecule has 3 heteroatoms. The number of nitrogens with zero attached hydrogens (tertiary/aromatic N) is 1.